The summed E-state index contributed by atoms with van der Waals surface area (Å²) in [6.07, 6.45) is 2.75. The van der Waals surface area contributed by atoms with E-state index in [0.29, 0.717) is 12.2 Å². The number of halogens is 2. The maximum atomic E-state index is 14.0. The van der Waals surface area contributed by atoms with E-state index in [2.05, 4.69) is 26.0 Å². The number of benzene rings is 1. The molecule has 0 radical (unpaired) electrons. The van der Waals surface area contributed by atoms with E-state index in [-0.39, 0.29) is 6.04 Å². The molecular formula is C20H27F2N5S. The van der Waals surface area contributed by atoms with Gasteiger partial charge < -0.3 is 15.5 Å². The largest absolute Gasteiger partial charge is 0.367 e. The van der Waals surface area contributed by atoms with Gasteiger partial charge in [-0.1, -0.05) is 0 Å². The molecule has 3 rings (SSSR count). The smallest absolute Gasteiger partial charge is 0.191 e. The van der Waals surface area contributed by atoms with Gasteiger partial charge in [-0.25, -0.2) is 13.8 Å². The first-order valence-electron chi connectivity index (χ1n) is 9.71. The summed E-state index contributed by atoms with van der Waals surface area (Å²) < 4.78 is 27.1. The molecule has 1 aliphatic rings. The van der Waals surface area contributed by atoms with E-state index in [0.717, 1.165) is 61.6 Å². The van der Waals surface area contributed by atoms with Crippen LogP contribution in [-0.2, 0) is 6.42 Å². The Morgan fingerprint density at radius 3 is 2.96 bits per heavy atom. The third kappa shape index (κ3) is 5.64. The Hall–Kier alpha value is -2.22. The molecule has 5 nitrogen and oxygen atoms in total. The molecule has 8 heteroatoms. The Morgan fingerprint density at radius 2 is 2.25 bits per heavy atom. The van der Waals surface area contributed by atoms with E-state index in [4.69, 9.17) is 0 Å². The van der Waals surface area contributed by atoms with Crippen molar-refractivity contribution < 1.29 is 8.78 Å². The molecule has 1 unspecified atom stereocenters. The first-order valence-corrected chi connectivity index (χ1v) is 10.6. The Labute approximate surface area is 168 Å². The lowest BCUT2D eigenvalue weighted by Gasteiger charge is -2.21. The molecule has 0 aliphatic carbocycles. The number of aliphatic imine (C=N–C) groups is 1. The minimum Gasteiger partial charge on any atom is -0.367 e. The monoisotopic (exact) mass is 407 g/mol. The quantitative estimate of drug-likeness (QED) is 0.419. The second-order valence-electron chi connectivity index (χ2n) is 6.92. The van der Waals surface area contributed by atoms with Crippen LogP contribution in [0.3, 0.4) is 0 Å². The molecule has 1 aromatic carbocycles. The number of anilines is 1. The zero-order valence-corrected chi connectivity index (χ0v) is 17.2. The predicted molar refractivity (Wildman–Crippen MR) is 111 cm³/mol. The zero-order chi connectivity index (χ0) is 19.9. The second kappa shape index (κ2) is 9.82. The van der Waals surface area contributed by atoms with E-state index in [1.54, 1.807) is 11.3 Å². The van der Waals surface area contributed by atoms with E-state index in [9.17, 15) is 8.78 Å². The summed E-state index contributed by atoms with van der Waals surface area (Å²) in [5.74, 6) is -0.285. The van der Waals surface area contributed by atoms with Crippen molar-refractivity contribution in [3.8, 4) is 0 Å². The SMILES string of the molecule is CCNC(=NCCCc1nc(C)cs1)NC1CCN(c2ccc(F)cc2F)C1. The van der Waals surface area contributed by atoms with Gasteiger partial charge >= 0.3 is 0 Å². The van der Waals surface area contributed by atoms with Gasteiger partial charge in [0, 0.05) is 55.8 Å². The van der Waals surface area contributed by atoms with Gasteiger partial charge in [-0.05, 0) is 38.8 Å². The van der Waals surface area contributed by atoms with E-state index < -0.39 is 11.6 Å². The van der Waals surface area contributed by atoms with Crippen LogP contribution in [-0.4, -0.2) is 43.2 Å². The Kier molecular flexibility index (Phi) is 7.19. The third-order valence-corrected chi connectivity index (χ3v) is 5.64. The highest BCUT2D eigenvalue weighted by Gasteiger charge is 2.25. The molecule has 2 heterocycles. The fourth-order valence-electron chi connectivity index (χ4n) is 3.29. The van der Waals surface area contributed by atoms with Gasteiger partial charge in [0.05, 0.1) is 10.7 Å². The summed E-state index contributed by atoms with van der Waals surface area (Å²) in [5, 5.41) is 9.93. The molecule has 0 spiro atoms. The summed E-state index contributed by atoms with van der Waals surface area (Å²) in [7, 11) is 0. The minimum atomic E-state index is -0.551. The number of hydrogen-bond donors (Lipinski definition) is 2. The van der Waals surface area contributed by atoms with Crippen molar-refractivity contribution in [3.63, 3.8) is 0 Å². The fraction of sp³-hybridized carbons (Fsp3) is 0.500. The van der Waals surface area contributed by atoms with Crippen LogP contribution in [0.1, 0.15) is 30.5 Å². The van der Waals surface area contributed by atoms with Crippen molar-refractivity contribution >= 4 is 23.0 Å². The molecule has 0 amide bonds. The predicted octanol–water partition coefficient (Wildman–Crippen LogP) is 3.50. The number of rotatable bonds is 7. The highest BCUT2D eigenvalue weighted by atomic mass is 32.1. The number of aromatic nitrogens is 1. The summed E-state index contributed by atoms with van der Waals surface area (Å²) in [4.78, 5) is 11.1. The Morgan fingerprint density at radius 1 is 1.39 bits per heavy atom. The number of nitrogens with zero attached hydrogens (tertiary/aromatic N) is 3. The fourth-order valence-corrected chi connectivity index (χ4v) is 4.10. The zero-order valence-electron chi connectivity index (χ0n) is 16.3. The van der Waals surface area contributed by atoms with E-state index in [1.807, 2.05) is 18.7 Å². The van der Waals surface area contributed by atoms with Gasteiger partial charge in [-0.2, -0.15) is 0 Å². The molecule has 0 bridgehead atoms. The normalized spacial score (nSPS) is 17.2. The summed E-state index contributed by atoms with van der Waals surface area (Å²) >= 11 is 1.69. The van der Waals surface area contributed by atoms with Gasteiger partial charge in [0.25, 0.3) is 0 Å². The lowest BCUT2D eigenvalue weighted by Crippen LogP contribution is -2.44. The van der Waals surface area contributed by atoms with E-state index >= 15 is 0 Å². The van der Waals surface area contributed by atoms with Crippen LogP contribution in [0.2, 0.25) is 0 Å². The molecule has 1 fully saturated rings. The van der Waals surface area contributed by atoms with Crippen LogP contribution in [0.5, 0.6) is 0 Å². The molecule has 1 aromatic heterocycles. The Bertz CT molecular complexity index is 808. The van der Waals surface area contributed by atoms with Crippen molar-refractivity contribution in [2.45, 2.75) is 39.2 Å². The third-order valence-electron chi connectivity index (χ3n) is 4.61. The van der Waals surface area contributed by atoms with Crippen LogP contribution in [0.15, 0.2) is 28.6 Å². The first kappa shape index (κ1) is 20.5. The van der Waals surface area contributed by atoms with Gasteiger partial charge in [0.1, 0.15) is 11.6 Å². The van der Waals surface area contributed by atoms with Gasteiger partial charge in [0.2, 0.25) is 0 Å². The molecule has 0 saturated carbocycles. The van der Waals surface area contributed by atoms with Gasteiger partial charge in [-0.3, -0.25) is 4.99 Å². The molecule has 28 heavy (non-hydrogen) atoms. The average molecular weight is 408 g/mol. The lowest BCUT2D eigenvalue weighted by atomic mass is 10.2. The molecule has 2 aromatic rings. The minimum absolute atomic E-state index is 0.170. The average Bonchev–Trinajstić information content (AvgIpc) is 3.28. The van der Waals surface area contributed by atoms with Gasteiger partial charge in [0.15, 0.2) is 5.96 Å². The highest BCUT2D eigenvalue weighted by Crippen LogP contribution is 2.24. The highest BCUT2D eigenvalue weighted by molar-refractivity contribution is 7.09. The van der Waals surface area contributed by atoms with Crippen molar-refractivity contribution in [2.75, 3.05) is 31.1 Å². The van der Waals surface area contributed by atoms with Crippen LogP contribution >= 0.6 is 11.3 Å². The first-order chi connectivity index (χ1) is 13.5. The summed E-state index contributed by atoms with van der Waals surface area (Å²) in [5.41, 5.74) is 1.52. The Balaban J connectivity index is 1.51. The second-order valence-corrected chi connectivity index (χ2v) is 7.86. The topological polar surface area (TPSA) is 52.6 Å². The number of hydrogen-bond acceptors (Lipinski definition) is 4. The van der Waals surface area contributed by atoms with Crippen molar-refractivity contribution in [2.24, 2.45) is 4.99 Å². The van der Waals surface area contributed by atoms with Crippen molar-refractivity contribution in [3.05, 3.63) is 45.9 Å². The van der Waals surface area contributed by atoms with Crippen LogP contribution in [0.25, 0.3) is 0 Å². The maximum Gasteiger partial charge on any atom is 0.191 e. The number of guanidine groups is 1. The van der Waals surface area contributed by atoms with Crippen molar-refractivity contribution in [1.29, 1.82) is 0 Å². The lowest BCUT2D eigenvalue weighted by molar-refractivity contribution is 0.580. The summed E-state index contributed by atoms with van der Waals surface area (Å²) in [6, 6.07) is 3.91. The van der Waals surface area contributed by atoms with Crippen LogP contribution in [0.4, 0.5) is 14.5 Å². The molecule has 1 aliphatic heterocycles. The number of thiazole rings is 1. The maximum absolute atomic E-state index is 14.0. The van der Waals surface area contributed by atoms with E-state index in [1.165, 1.54) is 12.1 Å². The molecule has 2 N–H and O–H groups in total. The molecule has 1 saturated heterocycles. The van der Waals surface area contributed by atoms with Gasteiger partial charge in [-0.15, -0.1) is 11.3 Å². The molecule has 152 valence electrons. The number of aryl methyl sites for hydroxylation is 2. The van der Waals surface area contributed by atoms with Crippen LogP contribution in [0, 0.1) is 18.6 Å². The van der Waals surface area contributed by atoms with Crippen LogP contribution < -0.4 is 15.5 Å². The summed E-state index contributed by atoms with van der Waals surface area (Å²) in [6.45, 7) is 6.92. The number of nitrogens with one attached hydrogen (secondary N) is 2. The molecule has 1 atom stereocenters. The standard InChI is InChI=1S/C20H27F2N5S/c1-3-23-20(24-9-4-5-19-25-14(2)13-28-19)26-16-8-10-27(12-16)18-7-6-15(21)11-17(18)22/h6-7,11,13,16H,3-5,8-10,12H2,1-2H3,(H2,23,24,26). The van der Waals surface area contributed by atoms with Crippen molar-refractivity contribution in [1.82, 2.24) is 15.6 Å². The molecular weight excluding hydrogens is 380 g/mol.